The van der Waals surface area contributed by atoms with Crippen LogP contribution < -0.4 is 17.0 Å². The second-order valence-electron chi connectivity index (χ2n) is 8.19. The zero-order valence-corrected chi connectivity index (χ0v) is 19.0. The zero-order valence-electron chi connectivity index (χ0n) is 17.4. The van der Waals surface area contributed by atoms with Crippen LogP contribution in [-0.2, 0) is 6.42 Å². The summed E-state index contributed by atoms with van der Waals surface area (Å²) in [6, 6.07) is 10.5. The summed E-state index contributed by atoms with van der Waals surface area (Å²) in [6.07, 6.45) is 15.2. The topological polar surface area (TPSA) is 20.2 Å². The Balaban J connectivity index is 0.00000625. The molecule has 0 aromatic heterocycles. The maximum atomic E-state index is 10.6. The van der Waals surface area contributed by atoms with Gasteiger partial charge in [-0.05, 0) is 24.8 Å². The number of aliphatic hydroxyl groups excluding tert-OH is 1. The Morgan fingerprint density at radius 1 is 0.808 bits per heavy atom. The molecule has 0 radical (unpaired) electrons. The van der Waals surface area contributed by atoms with Gasteiger partial charge in [-0.25, -0.2) is 0 Å². The third-order valence-corrected chi connectivity index (χ3v) is 5.43. The van der Waals surface area contributed by atoms with Crippen molar-refractivity contribution in [3.05, 3.63) is 35.9 Å². The normalized spacial score (nSPS) is 12.6. The molecular weight excluding hydrogens is 386 g/mol. The van der Waals surface area contributed by atoms with Crippen molar-refractivity contribution in [3.8, 4) is 0 Å². The van der Waals surface area contributed by atoms with Crippen molar-refractivity contribution in [1.29, 1.82) is 0 Å². The Hall–Kier alpha value is -0.380. The third kappa shape index (κ3) is 12.1. The Kier molecular flexibility index (Phi) is 15.4. The van der Waals surface area contributed by atoms with E-state index in [-0.39, 0.29) is 23.2 Å². The van der Waals surface area contributed by atoms with Gasteiger partial charge in [-0.2, -0.15) is 0 Å². The van der Waals surface area contributed by atoms with Gasteiger partial charge in [0.15, 0.2) is 6.23 Å². The van der Waals surface area contributed by atoms with Gasteiger partial charge in [0, 0.05) is 6.42 Å². The Morgan fingerprint density at radius 2 is 1.31 bits per heavy atom. The summed E-state index contributed by atoms with van der Waals surface area (Å²) in [5, 5.41) is 10.6. The van der Waals surface area contributed by atoms with E-state index in [1.165, 1.54) is 69.8 Å². The van der Waals surface area contributed by atoms with E-state index in [0.717, 1.165) is 23.9 Å². The second-order valence-corrected chi connectivity index (χ2v) is 8.19. The molecule has 1 atom stereocenters. The molecule has 1 N–H and O–H groups in total. The fourth-order valence-electron chi connectivity index (χ4n) is 3.45. The van der Waals surface area contributed by atoms with Crippen LogP contribution in [0.2, 0.25) is 0 Å². The van der Waals surface area contributed by atoms with E-state index in [9.17, 15) is 5.11 Å². The van der Waals surface area contributed by atoms with Crippen LogP contribution in [-0.4, -0.2) is 36.5 Å². The maximum absolute atomic E-state index is 10.6. The first-order valence-corrected chi connectivity index (χ1v) is 10.6. The van der Waals surface area contributed by atoms with Crippen molar-refractivity contribution in [1.82, 2.24) is 0 Å². The Morgan fingerprint density at radius 3 is 1.85 bits per heavy atom. The first-order valence-electron chi connectivity index (χ1n) is 10.6. The van der Waals surface area contributed by atoms with Crippen LogP contribution >= 0.6 is 0 Å². The van der Waals surface area contributed by atoms with Crippen LogP contribution in [0, 0.1) is 0 Å². The van der Waals surface area contributed by atoms with Crippen molar-refractivity contribution in [2.75, 3.05) is 20.6 Å². The predicted molar refractivity (Wildman–Crippen MR) is 110 cm³/mol. The quantitative estimate of drug-likeness (QED) is 0.259. The minimum Gasteiger partial charge on any atom is -1.00 e. The molecule has 1 aromatic rings. The van der Waals surface area contributed by atoms with Crippen molar-refractivity contribution >= 4 is 0 Å². The molecular formula is C23H42BrNO. The number of halogens is 1. The highest BCUT2D eigenvalue weighted by Crippen LogP contribution is 2.15. The van der Waals surface area contributed by atoms with Crippen LogP contribution in [0.3, 0.4) is 0 Å². The molecule has 0 amide bonds. The average molecular weight is 428 g/mol. The number of hydrogen-bond donors (Lipinski definition) is 1. The summed E-state index contributed by atoms with van der Waals surface area (Å²) in [6.45, 7) is 3.35. The smallest absolute Gasteiger partial charge is 0.190 e. The molecule has 0 saturated heterocycles. The van der Waals surface area contributed by atoms with Gasteiger partial charge >= 0.3 is 0 Å². The minimum atomic E-state index is -0.265. The summed E-state index contributed by atoms with van der Waals surface area (Å²) in [5.41, 5.74) is 1.32. The molecule has 0 aliphatic rings. The summed E-state index contributed by atoms with van der Waals surface area (Å²) in [5.74, 6) is 0. The van der Waals surface area contributed by atoms with Gasteiger partial charge in [0.1, 0.15) is 0 Å². The van der Waals surface area contributed by atoms with E-state index in [2.05, 4.69) is 45.3 Å². The Bertz CT molecular complexity index is 421. The summed E-state index contributed by atoms with van der Waals surface area (Å²) >= 11 is 0. The molecule has 1 aromatic carbocycles. The fraction of sp³-hybridized carbons (Fsp3) is 0.739. The monoisotopic (exact) mass is 427 g/mol. The summed E-state index contributed by atoms with van der Waals surface area (Å²) in [7, 11) is 4.34. The van der Waals surface area contributed by atoms with E-state index in [1.54, 1.807) is 0 Å². The summed E-state index contributed by atoms with van der Waals surface area (Å²) in [4.78, 5) is 0. The van der Waals surface area contributed by atoms with E-state index in [0.29, 0.717) is 0 Å². The Labute approximate surface area is 173 Å². The van der Waals surface area contributed by atoms with Gasteiger partial charge in [0.05, 0.1) is 20.6 Å². The molecule has 0 saturated carbocycles. The van der Waals surface area contributed by atoms with Crippen molar-refractivity contribution in [2.24, 2.45) is 0 Å². The minimum absolute atomic E-state index is 0. The lowest BCUT2D eigenvalue weighted by Crippen LogP contribution is -3.00. The molecule has 0 aliphatic heterocycles. The van der Waals surface area contributed by atoms with E-state index in [4.69, 9.17) is 0 Å². The molecule has 0 unspecified atom stereocenters. The second kappa shape index (κ2) is 15.7. The highest BCUT2D eigenvalue weighted by atomic mass is 79.9. The van der Waals surface area contributed by atoms with Crippen molar-refractivity contribution in [2.45, 2.75) is 90.2 Å². The first kappa shape index (κ1) is 25.6. The van der Waals surface area contributed by atoms with E-state index >= 15 is 0 Å². The van der Waals surface area contributed by atoms with Crippen molar-refractivity contribution in [3.63, 3.8) is 0 Å². The predicted octanol–water partition coefficient (Wildman–Crippen LogP) is 2.94. The van der Waals surface area contributed by atoms with Crippen molar-refractivity contribution < 1.29 is 26.6 Å². The summed E-state index contributed by atoms with van der Waals surface area (Å²) < 4.78 is 0.726. The van der Waals surface area contributed by atoms with Gasteiger partial charge in [-0.15, -0.1) is 0 Å². The van der Waals surface area contributed by atoms with Crippen LogP contribution in [0.4, 0.5) is 0 Å². The lowest BCUT2D eigenvalue weighted by Gasteiger charge is -2.35. The lowest BCUT2D eigenvalue weighted by atomic mass is 10.1. The fourth-order valence-corrected chi connectivity index (χ4v) is 3.45. The van der Waals surface area contributed by atoms with Gasteiger partial charge < -0.3 is 26.6 Å². The van der Waals surface area contributed by atoms with Crippen LogP contribution in [0.25, 0.3) is 0 Å². The third-order valence-electron chi connectivity index (χ3n) is 5.43. The van der Waals surface area contributed by atoms with Gasteiger partial charge in [-0.1, -0.05) is 88.6 Å². The molecule has 0 spiro atoms. The highest BCUT2D eigenvalue weighted by Gasteiger charge is 2.24. The molecule has 0 fully saturated rings. The number of rotatable bonds is 15. The molecule has 3 heteroatoms. The van der Waals surface area contributed by atoms with E-state index < -0.39 is 0 Å². The number of benzene rings is 1. The number of aliphatic hydroxyl groups is 1. The molecule has 26 heavy (non-hydrogen) atoms. The maximum Gasteiger partial charge on any atom is 0.190 e. The number of nitrogens with zero attached hydrogens (tertiary/aromatic N) is 1. The standard InChI is InChI=1S/C23H42NO.BrH/c1-4-5-6-7-8-9-10-11-12-16-21-24(2,3)23(25)20-19-22-17-14-13-15-18-22;/h13-15,17-18,23,25H,4-12,16,19-21H2,1-3H3;1H/q+1;/p-1/t23-;/m1./s1. The average Bonchev–Trinajstić information content (AvgIpc) is 2.62. The largest absolute Gasteiger partial charge is 1.00 e. The molecule has 1 rings (SSSR count). The van der Waals surface area contributed by atoms with Gasteiger partial charge in [-0.3, -0.25) is 0 Å². The molecule has 0 heterocycles. The van der Waals surface area contributed by atoms with Gasteiger partial charge in [0.2, 0.25) is 0 Å². The SMILES string of the molecule is CCCCCCCCCCCC[N+](C)(C)[C@H](O)CCc1ccccc1.[Br-]. The van der Waals surface area contributed by atoms with Gasteiger partial charge in [0.25, 0.3) is 0 Å². The van der Waals surface area contributed by atoms with E-state index in [1.807, 2.05) is 6.07 Å². The number of unbranched alkanes of at least 4 members (excludes halogenated alkanes) is 9. The zero-order chi connectivity index (χ0) is 18.4. The molecule has 152 valence electrons. The van der Waals surface area contributed by atoms with Crippen LogP contribution in [0.5, 0.6) is 0 Å². The first-order chi connectivity index (χ1) is 12.1. The van der Waals surface area contributed by atoms with Crippen LogP contribution in [0.15, 0.2) is 30.3 Å². The molecule has 0 aliphatic carbocycles. The highest BCUT2D eigenvalue weighted by molar-refractivity contribution is 5.14. The van der Waals surface area contributed by atoms with Crippen LogP contribution in [0.1, 0.15) is 83.1 Å². The number of hydrogen-bond acceptors (Lipinski definition) is 1. The number of quaternary nitrogens is 1. The molecule has 2 nitrogen and oxygen atoms in total. The lowest BCUT2D eigenvalue weighted by molar-refractivity contribution is -0.937. The number of aryl methyl sites for hydroxylation is 1. The molecule has 0 bridgehead atoms.